The highest BCUT2D eigenvalue weighted by molar-refractivity contribution is 6.30. The normalized spacial score (nSPS) is 21.7. The minimum Gasteiger partial charge on any atom is -0.508 e. The van der Waals surface area contributed by atoms with Crippen LogP contribution in [0.25, 0.3) is 0 Å². The van der Waals surface area contributed by atoms with E-state index in [9.17, 15) is 5.11 Å². The molecule has 0 spiro atoms. The predicted octanol–water partition coefficient (Wildman–Crippen LogP) is 3.15. The largest absolute Gasteiger partial charge is 0.508 e. The van der Waals surface area contributed by atoms with Gasteiger partial charge in [-0.2, -0.15) is 0 Å². The van der Waals surface area contributed by atoms with Gasteiger partial charge in [-0.05, 0) is 37.0 Å². The monoisotopic (exact) mass is 365 g/mol. The Hall–Kier alpha value is -2.18. The molecular weight excluding hydrogens is 342 g/mol. The Balaban J connectivity index is 1.93. The molecule has 0 bridgehead atoms. The van der Waals surface area contributed by atoms with Crippen molar-refractivity contribution in [1.82, 2.24) is 5.32 Å². The summed E-state index contributed by atoms with van der Waals surface area (Å²) in [6, 6.07) is 7.15. The number of halogens is 1. The third-order valence-corrected chi connectivity index (χ3v) is 4.28. The lowest BCUT2D eigenvalue weighted by Gasteiger charge is -2.31. The van der Waals surface area contributed by atoms with Crippen LogP contribution in [0.4, 0.5) is 0 Å². The van der Waals surface area contributed by atoms with Crippen LogP contribution < -0.4 is 11.1 Å². The van der Waals surface area contributed by atoms with Gasteiger partial charge in [0.15, 0.2) is 10.9 Å². The van der Waals surface area contributed by atoms with Crippen LogP contribution in [-0.4, -0.2) is 31.2 Å². The standard InChI is InChI=1S/C18H24ClN3O3/c1-12(17(24-2)18(19)22-11-20)21-10-15-4-3-5-16(25-15)13-6-8-14(23)9-7-13/h6-9,11,15-16,21,23H,1,3-5,10H2,2H3,(H2,20,22)/b18-17+/t15-,16+/m1/s1. The van der Waals surface area contributed by atoms with Crippen LogP contribution in [0, 0.1) is 0 Å². The number of aliphatic imine (C=N–C) groups is 1. The number of rotatable bonds is 7. The SMILES string of the molecule is C=C(NC[C@H]1CCC[C@@H](c2ccc(O)cc2)O1)/C(OC)=C(Cl)\N=C/N. The first kappa shape index (κ1) is 19.1. The van der Waals surface area contributed by atoms with Gasteiger partial charge in [-0.25, -0.2) is 4.99 Å². The van der Waals surface area contributed by atoms with E-state index in [0.717, 1.165) is 31.2 Å². The molecule has 2 rings (SSSR count). The second kappa shape index (κ2) is 9.34. The van der Waals surface area contributed by atoms with Crippen LogP contribution in [0.5, 0.6) is 5.75 Å². The molecule has 0 amide bonds. The fourth-order valence-electron chi connectivity index (χ4n) is 2.76. The fourth-order valence-corrected chi connectivity index (χ4v) is 3.00. The third-order valence-electron chi connectivity index (χ3n) is 4.01. The molecule has 6 nitrogen and oxygen atoms in total. The number of ether oxygens (including phenoxy) is 2. The molecule has 0 saturated carbocycles. The Kier molecular flexibility index (Phi) is 7.16. The van der Waals surface area contributed by atoms with Crippen molar-refractivity contribution in [2.75, 3.05) is 13.7 Å². The number of hydrogen-bond donors (Lipinski definition) is 3. The molecule has 0 radical (unpaired) electrons. The van der Waals surface area contributed by atoms with Crippen LogP contribution in [0.2, 0.25) is 0 Å². The molecule has 1 aliphatic rings. The number of phenolic OH excluding ortho intramolecular Hbond substituents is 1. The summed E-state index contributed by atoms with van der Waals surface area (Å²) < 4.78 is 11.4. The first-order chi connectivity index (χ1) is 12.0. The van der Waals surface area contributed by atoms with Crippen LogP contribution in [0.15, 0.2) is 52.4 Å². The summed E-state index contributed by atoms with van der Waals surface area (Å²) in [5.74, 6) is 0.597. The molecule has 136 valence electrons. The number of benzene rings is 1. The van der Waals surface area contributed by atoms with Crippen molar-refractivity contribution < 1.29 is 14.6 Å². The highest BCUT2D eigenvalue weighted by Crippen LogP contribution is 2.32. The topological polar surface area (TPSA) is 89.1 Å². The number of phenols is 1. The molecule has 1 fully saturated rings. The lowest BCUT2D eigenvalue weighted by Crippen LogP contribution is -2.33. The Morgan fingerprint density at radius 1 is 1.48 bits per heavy atom. The molecule has 0 aliphatic carbocycles. The van der Waals surface area contributed by atoms with Crippen molar-refractivity contribution >= 4 is 17.9 Å². The Labute approximate surface area is 153 Å². The van der Waals surface area contributed by atoms with Gasteiger partial charge in [0.2, 0.25) is 0 Å². The van der Waals surface area contributed by atoms with E-state index in [1.807, 2.05) is 12.1 Å². The molecule has 1 saturated heterocycles. The van der Waals surface area contributed by atoms with Crippen LogP contribution in [0.1, 0.15) is 30.9 Å². The number of hydrogen-bond acceptors (Lipinski definition) is 5. The maximum Gasteiger partial charge on any atom is 0.178 e. The van der Waals surface area contributed by atoms with E-state index in [1.54, 1.807) is 12.1 Å². The Morgan fingerprint density at radius 3 is 2.84 bits per heavy atom. The van der Waals surface area contributed by atoms with Gasteiger partial charge in [0.1, 0.15) is 5.75 Å². The van der Waals surface area contributed by atoms with Gasteiger partial charge < -0.3 is 25.6 Å². The maximum atomic E-state index is 9.41. The van der Waals surface area contributed by atoms with Crippen molar-refractivity contribution in [3.8, 4) is 5.75 Å². The molecular formula is C18H24ClN3O3. The first-order valence-electron chi connectivity index (χ1n) is 8.10. The summed E-state index contributed by atoms with van der Waals surface area (Å²) in [4.78, 5) is 3.79. The Bertz CT molecular complexity index is 643. The minimum absolute atomic E-state index is 0.0253. The van der Waals surface area contributed by atoms with Crippen LogP contribution in [-0.2, 0) is 9.47 Å². The zero-order valence-electron chi connectivity index (χ0n) is 14.2. The van der Waals surface area contributed by atoms with Gasteiger partial charge in [0.05, 0.1) is 31.4 Å². The van der Waals surface area contributed by atoms with Gasteiger partial charge in [-0.15, -0.1) is 0 Å². The second-order valence-corrected chi connectivity index (χ2v) is 6.09. The third kappa shape index (κ3) is 5.41. The van der Waals surface area contributed by atoms with E-state index in [1.165, 1.54) is 7.11 Å². The maximum absolute atomic E-state index is 9.41. The van der Waals surface area contributed by atoms with Gasteiger partial charge >= 0.3 is 0 Å². The van der Waals surface area contributed by atoms with Crippen LogP contribution >= 0.6 is 11.6 Å². The Morgan fingerprint density at radius 2 is 2.20 bits per heavy atom. The average Bonchev–Trinajstić information content (AvgIpc) is 2.62. The van der Waals surface area contributed by atoms with Gasteiger partial charge in [0.25, 0.3) is 0 Å². The minimum atomic E-state index is 0.0253. The van der Waals surface area contributed by atoms with Gasteiger partial charge in [-0.1, -0.05) is 30.3 Å². The van der Waals surface area contributed by atoms with Crippen molar-refractivity contribution in [3.63, 3.8) is 0 Å². The van der Waals surface area contributed by atoms with Gasteiger partial charge in [0, 0.05) is 6.54 Å². The molecule has 1 heterocycles. The highest BCUT2D eigenvalue weighted by Gasteiger charge is 2.24. The summed E-state index contributed by atoms with van der Waals surface area (Å²) in [6.45, 7) is 4.50. The lowest BCUT2D eigenvalue weighted by molar-refractivity contribution is -0.0490. The van der Waals surface area contributed by atoms with E-state index in [2.05, 4.69) is 16.9 Å². The van der Waals surface area contributed by atoms with Gasteiger partial charge in [-0.3, -0.25) is 0 Å². The number of nitrogens with two attached hydrogens (primary N) is 1. The molecule has 1 aromatic rings. The molecule has 25 heavy (non-hydrogen) atoms. The number of aromatic hydroxyl groups is 1. The summed E-state index contributed by atoms with van der Waals surface area (Å²) in [5, 5.41) is 12.7. The number of nitrogens with zero attached hydrogens (tertiary/aromatic N) is 1. The van der Waals surface area contributed by atoms with E-state index in [0.29, 0.717) is 18.0 Å². The van der Waals surface area contributed by atoms with Crippen molar-refractivity contribution in [3.05, 3.63) is 53.0 Å². The first-order valence-corrected chi connectivity index (χ1v) is 8.48. The van der Waals surface area contributed by atoms with Crippen molar-refractivity contribution in [1.29, 1.82) is 0 Å². The van der Waals surface area contributed by atoms with Crippen LogP contribution in [0.3, 0.4) is 0 Å². The second-order valence-electron chi connectivity index (χ2n) is 5.73. The summed E-state index contributed by atoms with van der Waals surface area (Å²) >= 11 is 6.00. The number of methoxy groups -OCH3 is 1. The zero-order valence-corrected chi connectivity index (χ0v) is 15.0. The zero-order chi connectivity index (χ0) is 18.2. The summed E-state index contributed by atoms with van der Waals surface area (Å²) in [5.41, 5.74) is 6.83. The predicted molar refractivity (Wildman–Crippen MR) is 99.3 cm³/mol. The van der Waals surface area contributed by atoms with E-state index < -0.39 is 0 Å². The molecule has 4 N–H and O–H groups in total. The van der Waals surface area contributed by atoms with E-state index in [-0.39, 0.29) is 23.1 Å². The lowest BCUT2D eigenvalue weighted by atomic mass is 9.98. The highest BCUT2D eigenvalue weighted by atomic mass is 35.5. The van der Waals surface area contributed by atoms with E-state index >= 15 is 0 Å². The van der Waals surface area contributed by atoms with Crippen molar-refractivity contribution in [2.24, 2.45) is 10.7 Å². The van der Waals surface area contributed by atoms with Crippen molar-refractivity contribution in [2.45, 2.75) is 31.5 Å². The smallest absolute Gasteiger partial charge is 0.178 e. The molecule has 7 heteroatoms. The molecule has 1 aliphatic heterocycles. The average molecular weight is 366 g/mol. The molecule has 1 aromatic carbocycles. The summed E-state index contributed by atoms with van der Waals surface area (Å²) in [7, 11) is 1.49. The molecule has 2 atom stereocenters. The quantitative estimate of drug-likeness (QED) is 0.227. The number of nitrogens with one attached hydrogen (secondary N) is 1. The molecule has 0 aromatic heterocycles. The summed E-state index contributed by atoms with van der Waals surface area (Å²) in [6.07, 6.45) is 4.14. The fraction of sp³-hybridized carbons (Fsp3) is 0.389. The molecule has 0 unspecified atom stereocenters. The van der Waals surface area contributed by atoms with E-state index in [4.69, 9.17) is 26.8 Å².